The van der Waals surface area contributed by atoms with Crippen LogP contribution >= 0.6 is 22.9 Å². The highest BCUT2D eigenvalue weighted by atomic mass is 35.5. The third-order valence-electron chi connectivity index (χ3n) is 1.99. The fourth-order valence-electron chi connectivity index (χ4n) is 1.47. The molecule has 3 heteroatoms. The number of fused-ring (bicyclic) bond motifs is 1. The summed E-state index contributed by atoms with van der Waals surface area (Å²) in [5.41, 5.74) is 3.63. The standard InChI is InChI=1S/C10H10ClNS/c1-6-3-7(2)10-8(4-6)13-9(5-11)12-10/h3-4H,5H2,1-2H3. The fraction of sp³-hybridized carbons (Fsp3) is 0.300. The van der Waals surface area contributed by atoms with Crippen molar-refractivity contribution in [3.63, 3.8) is 0 Å². The van der Waals surface area contributed by atoms with E-state index in [9.17, 15) is 0 Å². The van der Waals surface area contributed by atoms with E-state index in [2.05, 4.69) is 31.0 Å². The van der Waals surface area contributed by atoms with Gasteiger partial charge in [0.2, 0.25) is 0 Å². The Kier molecular flexibility index (Phi) is 2.26. The van der Waals surface area contributed by atoms with Crippen molar-refractivity contribution in [2.45, 2.75) is 19.7 Å². The van der Waals surface area contributed by atoms with E-state index in [4.69, 9.17) is 11.6 Å². The Morgan fingerprint density at radius 3 is 2.85 bits per heavy atom. The van der Waals surface area contributed by atoms with Gasteiger partial charge in [0, 0.05) is 0 Å². The molecule has 0 amide bonds. The molecule has 0 N–H and O–H groups in total. The first-order chi connectivity index (χ1) is 6.20. The quantitative estimate of drug-likeness (QED) is 0.657. The smallest absolute Gasteiger partial charge is 0.109 e. The second-order valence-corrected chi connectivity index (χ2v) is 4.55. The highest BCUT2D eigenvalue weighted by Crippen LogP contribution is 2.26. The number of aryl methyl sites for hydroxylation is 2. The maximum absolute atomic E-state index is 5.74. The minimum Gasteiger partial charge on any atom is -0.240 e. The zero-order valence-electron chi connectivity index (χ0n) is 7.60. The second kappa shape index (κ2) is 3.28. The lowest BCUT2D eigenvalue weighted by Gasteiger charge is -1.95. The number of aromatic nitrogens is 1. The average molecular weight is 212 g/mol. The van der Waals surface area contributed by atoms with E-state index in [0.29, 0.717) is 5.88 Å². The molecule has 0 radical (unpaired) electrons. The van der Waals surface area contributed by atoms with Crippen molar-refractivity contribution < 1.29 is 0 Å². The number of benzene rings is 1. The largest absolute Gasteiger partial charge is 0.240 e. The molecule has 0 fully saturated rings. The van der Waals surface area contributed by atoms with E-state index < -0.39 is 0 Å². The lowest BCUT2D eigenvalue weighted by Crippen LogP contribution is -1.79. The summed E-state index contributed by atoms with van der Waals surface area (Å²) in [5, 5.41) is 1.00. The molecule has 2 aromatic rings. The van der Waals surface area contributed by atoms with E-state index >= 15 is 0 Å². The Morgan fingerprint density at radius 1 is 1.38 bits per heavy atom. The molecule has 0 atom stereocenters. The van der Waals surface area contributed by atoms with Crippen molar-refractivity contribution in [1.29, 1.82) is 0 Å². The van der Waals surface area contributed by atoms with Gasteiger partial charge in [-0.3, -0.25) is 0 Å². The number of hydrogen-bond acceptors (Lipinski definition) is 2. The van der Waals surface area contributed by atoms with Gasteiger partial charge >= 0.3 is 0 Å². The van der Waals surface area contributed by atoms with Crippen LogP contribution in [0.3, 0.4) is 0 Å². The van der Waals surface area contributed by atoms with Crippen LogP contribution in [0.25, 0.3) is 10.2 Å². The first kappa shape index (κ1) is 8.97. The van der Waals surface area contributed by atoms with Gasteiger partial charge in [0.15, 0.2) is 0 Å². The lowest BCUT2D eigenvalue weighted by atomic mass is 10.1. The van der Waals surface area contributed by atoms with E-state index in [0.717, 1.165) is 10.5 Å². The molecule has 68 valence electrons. The fourth-order valence-corrected chi connectivity index (χ4v) is 2.69. The van der Waals surface area contributed by atoms with E-state index in [-0.39, 0.29) is 0 Å². The van der Waals surface area contributed by atoms with E-state index in [1.165, 1.54) is 15.8 Å². The molecule has 1 aromatic heterocycles. The zero-order chi connectivity index (χ0) is 9.42. The van der Waals surface area contributed by atoms with Crippen LogP contribution in [0.2, 0.25) is 0 Å². The van der Waals surface area contributed by atoms with Gasteiger partial charge in [0.25, 0.3) is 0 Å². The summed E-state index contributed by atoms with van der Waals surface area (Å²) in [6, 6.07) is 4.32. The summed E-state index contributed by atoms with van der Waals surface area (Å²) >= 11 is 7.42. The number of alkyl halides is 1. The first-order valence-corrected chi connectivity index (χ1v) is 5.48. The maximum atomic E-state index is 5.74. The van der Waals surface area contributed by atoms with Gasteiger partial charge in [-0.05, 0) is 31.0 Å². The molecule has 1 nitrogen and oxygen atoms in total. The van der Waals surface area contributed by atoms with Gasteiger partial charge in [-0.15, -0.1) is 22.9 Å². The minimum absolute atomic E-state index is 0.512. The van der Waals surface area contributed by atoms with Crippen molar-refractivity contribution >= 4 is 33.2 Å². The van der Waals surface area contributed by atoms with Crippen LogP contribution in [0, 0.1) is 13.8 Å². The summed E-state index contributed by atoms with van der Waals surface area (Å²) in [4.78, 5) is 4.46. The summed E-state index contributed by atoms with van der Waals surface area (Å²) in [6.07, 6.45) is 0. The minimum atomic E-state index is 0.512. The third-order valence-corrected chi connectivity index (χ3v) is 3.40. The molecule has 0 aliphatic carbocycles. The van der Waals surface area contributed by atoms with Gasteiger partial charge in [-0.2, -0.15) is 0 Å². The number of thiazole rings is 1. The highest BCUT2D eigenvalue weighted by molar-refractivity contribution is 7.18. The molecule has 1 aromatic carbocycles. The predicted octanol–water partition coefficient (Wildman–Crippen LogP) is 3.65. The molecule has 0 aliphatic heterocycles. The summed E-state index contributed by atoms with van der Waals surface area (Å²) in [5.74, 6) is 0.512. The van der Waals surface area contributed by atoms with Crippen LogP contribution in [0.4, 0.5) is 0 Å². The maximum Gasteiger partial charge on any atom is 0.109 e. The summed E-state index contributed by atoms with van der Waals surface area (Å²) < 4.78 is 1.24. The molecule has 0 saturated carbocycles. The molecule has 0 saturated heterocycles. The number of hydrogen-bond donors (Lipinski definition) is 0. The van der Waals surface area contributed by atoms with Crippen LogP contribution in [-0.2, 0) is 5.88 Å². The van der Waals surface area contributed by atoms with Gasteiger partial charge in [0.1, 0.15) is 5.01 Å². The molecular weight excluding hydrogens is 202 g/mol. The molecule has 0 spiro atoms. The monoisotopic (exact) mass is 211 g/mol. The topological polar surface area (TPSA) is 12.9 Å². The van der Waals surface area contributed by atoms with Crippen LogP contribution in [-0.4, -0.2) is 4.98 Å². The molecule has 0 aliphatic rings. The Hall–Kier alpha value is -0.600. The Balaban J connectivity index is 2.75. The SMILES string of the molecule is Cc1cc(C)c2nc(CCl)sc2c1. The average Bonchev–Trinajstić information content (AvgIpc) is 2.47. The Morgan fingerprint density at radius 2 is 2.15 bits per heavy atom. The van der Waals surface area contributed by atoms with Crippen molar-refractivity contribution in [2.75, 3.05) is 0 Å². The van der Waals surface area contributed by atoms with Crippen molar-refractivity contribution in [3.05, 3.63) is 28.3 Å². The predicted molar refractivity (Wildman–Crippen MR) is 58.7 cm³/mol. The first-order valence-electron chi connectivity index (χ1n) is 4.13. The molecule has 13 heavy (non-hydrogen) atoms. The van der Waals surface area contributed by atoms with E-state index in [1.54, 1.807) is 11.3 Å². The van der Waals surface area contributed by atoms with Crippen LogP contribution in [0.15, 0.2) is 12.1 Å². The van der Waals surface area contributed by atoms with Crippen molar-refractivity contribution in [3.8, 4) is 0 Å². The number of nitrogens with zero attached hydrogens (tertiary/aromatic N) is 1. The molecule has 0 bridgehead atoms. The number of rotatable bonds is 1. The number of halogens is 1. The van der Waals surface area contributed by atoms with Crippen molar-refractivity contribution in [2.24, 2.45) is 0 Å². The Labute approximate surface area is 86.4 Å². The molecule has 1 heterocycles. The van der Waals surface area contributed by atoms with Crippen molar-refractivity contribution in [1.82, 2.24) is 4.98 Å². The zero-order valence-corrected chi connectivity index (χ0v) is 9.17. The van der Waals surface area contributed by atoms with E-state index in [1.807, 2.05) is 0 Å². The normalized spacial score (nSPS) is 11.0. The summed E-state index contributed by atoms with van der Waals surface area (Å²) in [6.45, 7) is 4.19. The van der Waals surface area contributed by atoms with Gasteiger partial charge in [-0.1, -0.05) is 6.07 Å². The van der Waals surface area contributed by atoms with Crippen LogP contribution < -0.4 is 0 Å². The van der Waals surface area contributed by atoms with Gasteiger partial charge < -0.3 is 0 Å². The molecular formula is C10H10ClNS. The summed E-state index contributed by atoms with van der Waals surface area (Å²) in [7, 11) is 0. The molecule has 2 rings (SSSR count). The lowest BCUT2D eigenvalue weighted by molar-refractivity contribution is 1.28. The second-order valence-electron chi connectivity index (χ2n) is 3.17. The highest BCUT2D eigenvalue weighted by Gasteiger charge is 2.05. The van der Waals surface area contributed by atoms with Gasteiger partial charge in [0.05, 0.1) is 16.1 Å². The van der Waals surface area contributed by atoms with Crippen LogP contribution in [0.1, 0.15) is 16.1 Å². The Bertz CT molecular complexity index is 447. The third kappa shape index (κ3) is 1.56. The van der Waals surface area contributed by atoms with Gasteiger partial charge in [-0.25, -0.2) is 4.98 Å². The molecule has 0 unspecified atom stereocenters. The van der Waals surface area contributed by atoms with Crippen LogP contribution in [0.5, 0.6) is 0 Å².